The molecule has 17 heavy (non-hydrogen) atoms. The van der Waals surface area contributed by atoms with E-state index in [0.717, 1.165) is 17.1 Å². The zero-order chi connectivity index (χ0) is 13.2. The lowest BCUT2D eigenvalue weighted by Crippen LogP contribution is -2.37. The molecule has 0 bridgehead atoms. The molecule has 0 fully saturated rings. The summed E-state index contributed by atoms with van der Waals surface area (Å²) >= 11 is 4.79. The van der Waals surface area contributed by atoms with Crippen LogP contribution in [0.4, 0.5) is 0 Å². The minimum atomic E-state index is -0.458. The number of hydrogen-bond acceptors (Lipinski definition) is 3. The number of nitrogens with one attached hydrogen (secondary N) is 1. The van der Waals surface area contributed by atoms with Crippen LogP contribution in [0.25, 0.3) is 0 Å². The Balaban J connectivity index is 2.73. The van der Waals surface area contributed by atoms with Gasteiger partial charge in [-0.3, -0.25) is 4.79 Å². The van der Waals surface area contributed by atoms with E-state index in [1.807, 2.05) is 26.8 Å². The van der Waals surface area contributed by atoms with Crippen molar-refractivity contribution in [2.45, 2.75) is 33.7 Å². The molecular formula is C12H18N2O2S. The molecule has 0 saturated heterocycles. The van der Waals surface area contributed by atoms with Gasteiger partial charge in [-0.2, -0.15) is 0 Å². The fourth-order valence-electron chi connectivity index (χ4n) is 1.63. The highest BCUT2D eigenvalue weighted by Crippen LogP contribution is 2.21. The normalized spacial score (nSPS) is 14.1. The first-order chi connectivity index (χ1) is 7.82. The van der Waals surface area contributed by atoms with Crippen molar-refractivity contribution in [2.75, 3.05) is 0 Å². The lowest BCUT2D eigenvalue weighted by molar-refractivity contribution is -0.123. The highest BCUT2D eigenvalue weighted by atomic mass is 32.1. The van der Waals surface area contributed by atoms with Crippen LogP contribution in [0.2, 0.25) is 0 Å². The maximum absolute atomic E-state index is 11.8. The smallest absolute Gasteiger partial charge is 0.230 e. The minimum Gasteiger partial charge on any atom is -0.466 e. The lowest BCUT2D eigenvalue weighted by atomic mass is 10.1. The molecule has 2 atom stereocenters. The monoisotopic (exact) mass is 254 g/mol. The number of carbonyl (C=O) groups is 1. The molecule has 0 aromatic carbocycles. The Morgan fingerprint density at radius 3 is 2.47 bits per heavy atom. The highest BCUT2D eigenvalue weighted by Gasteiger charge is 2.20. The average Bonchev–Trinajstić information content (AvgIpc) is 2.56. The van der Waals surface area contributed by atoms with Gasteiger partial charge in [0.05, 0.1) is 16.9 Å². The van der Waals surface area contributed by atoms with Crippen molar-refractivity contribution in [1.82, 2.24) is 5.32 Å². The third-order valence-corrected chi connectivity index (χ3v) is 3.08. The van der Waals surface area contributed by atoms with E-state index in [0.29, 0.717) is 0 Å². The van der Waals surface area contributed by atoms with Crippen molar-refractivity contribution in [3.8, 4) is 0 Å². The molecule has 1 aromatic rings. The summed E-state index contributed by atoms with van der Waals surface area (Å²) in [4.78, 5) is 12.0. The predicted molar refractivity (Wildman–Crippen MR) is 70.7 cm³/mol. The van der Waals surface area contributed by atoms with E-state index in [1.165, 1.54) is 0 Å². The number of furan rings is 1. The Labute approximate surface area is 107 Å². The van der Waals surface area contributed by atoms with Crippen molar-refractivity contribution in [3.05, 3.63) is 23.2 Å². The molecule has 4 nitrogen and oxygen atoms in total. The summed E-state index contributed by atoms with van der Waals surface area (Å²) in [6.07, 6.45) is 0. The van der Waals surface area contributed by atoms with Crippen LogP contribution in [0.5, 0.6) is 0 Å². The minimum absolute atomic E-state index is 0.114. The van der Waals surface area contributed by atoms with Gasteiger partial charge >= 0.3 is 0 Å². The highest BCUT2D eigenvalue weighted by molar-refractivity contribution is 7.80. The summed E-state index contributed by atoms with van der Waals surface area (Å²) in [7, 11) is 0. The molecule has 0 saturated carbocycles. The molecule has 0 spiro atoms. The quantitative estimate of drug-likeness (QED) is 0.806. The maximum Gasteiger partial charge on any atom is 0.230 e. The molecular weight excluding hydrogens is 236 g/mol. The zero-order valence-electron chi connectivity index (χ0n) is 10.5. The zero-order valence-corrected chi connectivity index (χ0v) is 11.4. The van der Waals surface area contributed by atoms with E-state index < -0.39 is 5.92 Å². The number of carbonyl (C=O) groups excluding carboxylic acids is 1. The van der Waals surface area contributed by atoms with Crippen LogP contribution in [0.3, 0.4) is 0 Å². The van der Waals surface area contributed by atoms with Crippen LogP contribution in [0.15, 0.2) is 10.5 Å². The number of nitrogens with two attached hydrogens (primary N) is 1. The topological polar surface area (TPSA) is 68.3 Å². The molecule has 1 amide bonds. The summed E-state index contributed by atoms with van der Waals surface area (Å²) in [5.41, 5.74) is 6.42. The van der Waals surface area contributed by atoms with E-state index in [4.69, 9.17) is 22.4 Å². The first kappa shape index (κ1) is 13.7. The van der Waals surface area contributed by atoms with Crippen molar-refractivity contribution < 1.29 is 9.21 Å². The molecule has 0 aliphatic heterocycles. The summed E-state index contributed by atoms with van der Waals surface area (Å²) in [6, 6.07) is 1.81. The molecule has 3 N–H and O–H groups in total. The van der Waals surface area contributed by atoms with E-state index in [2.05, 4.69) is 5.32 Å². The second-order valence-corrected chi connectivity index (χ2v) is 4.69. The summed E-state index contributed by atoms with van der Waals surface area (Å²) < 4.78 is 5.42. The third kappa shape index (κ3) is 3.30. The van der Waals surface area contributed by atoms with Crippen LogP contribution >= 0.6 is 12.2 Å². The van der Waals surface area contributed by atoms with Gasteiger partial charge in [-0.05, 0) is 33.8 Å². The summed E-state index contributed by atoms with van der Waals surface area (Å²) in [5.74, 6) is 1.03. The van der Waals surface area contributed by atoms with Crippen molar-refractivity contribution in [1.29, 1.82) is 0 Å². The molecule has 1 rings (SSSR count). The Morgan fingerprint density at radius 1 is 1.47 bits per heavy atom. The first-order valence-corrected chi connectivity index (χ1v) is 5.90. The van der Waals surface area contributed by atoms with Crippen LogP contribution in [0, 0.1) is 19.8 Å². The fourth-order valence-corrected chi connectivity index (χ4v) is 1.73. The second kappa shape index (κ2) is 5.31. The Morgan fingerprint density at radius 2 is 2.06 bits per heavy atom. The Kier molecular flexibility index (Phi) is 4.28. The Hall–Kier alpha value is -1.36. The van der Waals surface area contributed by atoms with Crippen LogP contribution in [0.1, 0.15) is 37.0 Å². The van der Waals surface area contributed by atoms with E-state index in [1.54, 1.807) is 6.92 Å². The molecule has 0 radical (unpaired) electrons. The predicted octanol–water partition coefficient (Wildman–Crippen LogP) is 2.00. The van der Waals surface area contributed by atoms with Gasteiger partial charge in [0.25, 0.3) is 0 Å². The molecule has 0 aliphatic carbocycles. The van der Waals surface area contributed by atoms with Gasteiger partial charge in [0.15, 0.2) is 0 Å². The molecule has 1 heterocycles. The van der Waals surface area contributed by atoms with Gasteiger partial charge in [-0.15, -0.1) is 0 Å². The van der Waals surface area contributed by atoms with Gasteiger partial charge in [0.2, 0.25) is 5.91 Å². The average molecular weight is 254 g/mol. The van der Waals surface area contributed by atoms with Gasteiger partial charge in [0, 0.05) is 5.56 Å². The molecule has 1 aromatic heterocycles. The van der Waals surface area contributed by atoms with Crippen molar-refractivity contribution in [2.24, 2.45) is 11.7 Å². The van der Waals surface area contributed by atoms with Gasteiger partial charge in [-0.1, -0.05) is 12.2 Å². The van der Waals surface area contributed by atoms with Crippen LogP contribution in [-0.2, 0) is 4.79 Å². The number of thiocarbonyl (C=S) groups is 1. The molecule has 94 valence electrons. The largest absolute Gasteiger partial charge is 0.466 e. The fraction of sp³-hybridized carbons (Fsp3) is 0.500. The van der Waals surface area contributed by atoms with E-state index >= 15 is 0 Å². The van der Waals surface area contributed by atoms with E-state index in [9.17, 15) is 4.79 Å². The first-order valence-electron chi connectivity index (χ1n) is 5.49. The number of hydrogen-bond donors (Lipinski definition) is 2. The third-order valence-electron chi connectivity index (χ3n) is 2.72. The summed E-state index contributed by atoms with van der Waals surface area (Å²) in [6.45, 7) is 7.35. The Bertz CT molecular complexity index is 440. The van der Waals surface area contributed by atoms with Crippen molar-refractivity contribution >= 4 is 23.1 Å². The van der Waals surface area contributed by atoms with Crippen LogP contribution in [-0.4, -0.2) is 10.9 Å². The standard InChI is InChI=1S/C12H18N2O2S/c1-6-5-10(9(4)16-6)8(3)14-12(15)7(2)11(13)17/h5,7-8H,1-4H3,(H2,13,17)(H,14,15). The maximum atomic E-state index is 11.8. The second-order valence-electron chi connectivity index (χ2n) is 4.22. The molecule has 5 heteroatoms. The van der Waals surface area contributed by atoms with Gasteiger partial charge < -0.3 is 15.5 Å². The number of amides is 1. The SMILES string of the molecule is Cc1cc(C(C)NC(=O)C(C)C(N)=S)c(C)o1. The number of rotatable bonds is 4. The van der Waals surface area contributed by atoms with Gasteiger partial charge in [-0.25, -0.2) is 0 Å². The van der Waals surface area contributed by atoms with Crippen molar-refractivity contribution in [3.63, 3.8) is 0 Å². The molecule has 0 aliphatic rings. The summed E-state index contributed by atoms with van der Waals surface area (Å²) in [5, 5.41) is 2.86. The van der Waals surface area contributed by atoms with Crippen LogP contribution < -0.4 is 11.1 Å². The lowest BCUT2D eigenvalue weighted by Gasteiger charge is -2.16. The molecule has 2 unspecified atom stereocenters. The number of aryl methyl sites for hydroxylation is 2. The van der Waals surface area contributed by atoms with E-state index in [-0.39, 0.29) is 16.9 Å². The van der Waals surface area contributed by atoms with Gasteiger partial charge in [0.1, 0.15) is 11.5 Å².